The van der Waals surface area contributed by atoms with Gasteiger partial charge in [-0.15, -0.1) is 0 Å². The second kappa shape index (κ2) is 6.16. The van der Waals surface area contributed by atoms with Crippen LogP contribution in [0.5, 0.6) is 11.5 Å². The molecule has 0 fully saturated rings. The Kier molecular flexibility index (Phi) is 4.32. The van der Waals surface area contributed by atoms with Gasteiger partial charge >= 0.3 is 5.69 Å². The summed E-state index contributed by atoms with van der Waals surface area (Å²) in [5.74, 6) is 0.386. The normalized spacial score (nSPS) is 10.7. The van der Waals surface area contributed by atoms with Crippen LogP contribution >= 0.6 is 8.73 Å². The molecule has 1 aromatic carbocycles. The van der Waals surface area contributed by atoms with Crippen LogP contribution in [0.15, 0.2) is 36.5 Å². The number of aromatic nitrogens is 1. The van der Waals surface area contributed by atoms with E-state index in [1.807, 2.05) is 12.7 Å². The topological polar surface area (TPSA) is 103 Å². The molecule has 1 aromatic heterocycles. The van der Waals surface area contributed by atoms with E-state index in [0.717, 1.165) is 5.69 Å². The Balaban J connectivity index is 2.32. The van der Waals surface area contributed by atoms with Crippen molar-refractivity contribution in [1.82, 2.24) is 4.98 Å². The van der Waals surface area contributed by atoms with Gasteiger partial charge in [0.2, 0.25) is 11.6 Å². The Morgan fingerprint density at radius 1 is 1.45 bits per heavy atom. The van der Waals surface area contributed by atoms with E-state index in [4.69, 9.17) is 10.5 Å². The Bertz CT molecular complexity index is 636. The lowest BCUT2D eigenvalue weighted by Crippen LogP contribution is -2.00. The van der Waals surface area contributed by atoms with Crippen LogP contribution in [0.3, 0.4) is 0 Å². The maximum Gasteiger partial charge on any atom is 0.353 e. The number of rotatable bonds is 5. The molecule has 7 nitrogen and oxygen atoms in total. The summed E-state index contributed by atoms with van der Waals surface area (Å²) in [6.45, 7) is 2.00. The number of hydrogen-bond acceptors (Lipinski definition) is 6. The third-order valence-corrected chi connectivity index (χ3v) is 2.97. The van der Waals surface area contributed by atoms with E-state index in [2.05, 4.69) is 10.1 Å². The number of nitro groups is 1. The van der Waals surface area contributed by atoms with E-state index < -0.39 is 4.92 Å². The number of ether oxygens (including phenoxy) is 1. The number of nitrogens with one attached hydrogen (secondary N) is 1. The summed E-state index contributed by atoms with van der Waals surface area (Å²) in [6.07, 6.45) is 1.37. The number of hydrogen-bond donors (Lipinski definition) is 2. The maximum atomic E-state index is 11.0. The molecule has 0 aliphatic rings. The van der Waals surface area contributed by atoms with Crippen molar-refractivity contribution in [1.29, 1.82) is 0 Å². The molecule has 1 atom stereocenters. The molecular weight excluding hydrogens is 279 g/mol. The molecule has 8 heteroatoms. The highest BCUT2D eigenvalue weighted by molar-refractivity contribution is 7.38. The Labute approximate surface area is 117 Å². The molecular formula is C12H13N4O3P. The molecule has 0 aliphatic heterocycles. The van der Waals surface area contributed by atoms with Crippen molar-refractivity contribution in [2.45, 2.75) is 0 Å². The fourth-order valence-corrected chi connectivity index (χ4v) is 2.07. The summed E-state index contributed by atoms with van der Waals surface area (Å²) < 4.78 is 5.54. The maximum absolute atomic E-state index is 11.0. The van der Waals surface area contributed by atoms with Crippen molar-refractivity contribution in [3.63, 3.8) is 0 Å². The molecule has 0 bridgehead atoms. The van der Waals surface area contributed by atoms with Crippen molar-refractivity contribution >= 4 is 25.9 Å². The van der Waals surface area contributed by atoms with Gasteiger partial charge in [0.25, 0.3) is 0 Å². The lowest BCUT2D eigenvalue weighted by molar-refractivity contribution is -0.384. The summed E-state index contributed by atoms with van der Waals surface area (Å²) in [6, 6.07) is 8.57. The lowest BCUT2D eigenvalue weighted by Gasteiger charge is -2.09. The molecule has 1 heterocycles. The van der Waals surface area contributed by atoms with Gasteiger partial charge in [-0.05, 0) is 27.5 Å². The first-order valence-corrected chi connectivity index (χ1v) is 7.21. The second-order valence-electron chi connectivity index (χ2n) is 3.80. The molecule has 3 N–H and O–H groups in total. The van der Waals surface area contributed by atoms with Gasteiger partial charge in [-0.1, -0.05) is 6.07 Å². The third-order valence-electron chi connectivity index (χ3n) is 2.43. The zero-order chi connectivity index (χ0) is 14.5. The van der Waals surface area contributed by atoms with Crippen LogP contribution in [0.25, 0.3) is 0 Å². The summed E-state index contributed by atoms with van der Waals surface area (Å²) in [5, 5.41) is 14.2. The fraction of sp³-hybridized carbons (Fsp3) is 0.0833. The van der Waals surface area contributed by atoms with Gasteiger partial charge in [0.1, 0.15) is 5.75 Å². The van der Waals surface area contributed by atoms with Gasteiger partial charge in [-0.2, -0.15) is 0 Å². The first kappa shape index (κ1) is 14.0. The van der Waals surface area contributed by atoms with E-state index in [-0.39, 0.29) is 17.3 Å². The van der Waals surface area contributed by atoms with Crippen LogP contribution < -0.4 is 15.6 Å². The minimum atomic E-state index is -0.604. The molecule has 2 aromatic rings. The summed E-state index contributed by atoms with van der Waals surface area (Å²) in [4.78, 5) is 14.1. The number of benzene rings is 1. The van der Waals surface area contributed by atoms with E-state index in [9.17, 15) is 10.1 Å². The van der Waals surface area contributed by atoms with Gasteiger partial charge < -0.3 is 15.6 Å². The van der Waals surface area contributed by atoms with Crippen molar-refractivity contribution in [3.8, 4) is 11.5 Å². The Morgan fingerprint density at radius 3 is 2.95 bits per heavy atom. The highest BCUT2D eigenvalue weighted by Gasteiger charge is 2.21. The van der Waals surface area contributed by atoms with Crippen molar-refractivity contribution in [3.05, 3.63) is 46.6 Å². The first-order chi connectivity index (χ1) is 9.61. The van der Waals surface area contributed by atoms with E-state index in [1.54, 1.807) is 18.2 Å². The smallest absolute Gasteiger partial charge is 0.353 e. The molecule has 0 saturated heterocycles. The quantitative estimate of drug-likeness (QED) is 0.499. The first-order valence-electron chi connectivity index (χ1n) is 5.71. The van der Waals surface area contributed by atoms with Crippen LogP contribution in [-0.2, 0) is 0 Å². The minimum absolute atomic E-state index is 0.0681. The van der Waals surface area contributed by atoms with E-state index >= 15 is 0 Å². The molecule has 0 spiro atoms. The lowest BCUT2D eigenvalue weighted by atomic mass is 10.3. The largest absolute Gasteiger partial charge is 0.450 e. The molecule has 0 radical (unpaired) electrons. The highest BCUT2D eigenvalue weighted by Crippen LogP contribution is 2.35. The van der Waals surface area contributed by atoms with Crippen LogP contribution in [0.2, 0.25) is 0 Å². The standard InChI is InChI=1S/C12H13N4O3P/c1-20-15-8-3-2-4-9(7-8)19-10-5-6-14-12(13)11(10)16(17)18/h2-7,15,20H,1H3,(H2,13,14). The van der Waals surface area contributed by atoms with Crippen LogP contribution in [-0.4, -0.2) is 16.6 Å². The SMILES string of the molecule is CPNc1cccc(Oc2ccnc(N)c2[N+](=O)[O-])c1. The fourth-order valence-electron chi connectivity index (χ4n) is 1.63. The summed E-state index contributed by atoms with van der Waals surface area (Å²) >= 11 is 0. The Morgan fingerprint density at radius 2 is 2.25 bits per heavy atom. The molecule has 0 amide bonds. The zero-order valence-electron chi connectivity index (χ0n) is 10.7. The molecule has 0 aliphatic carbocycles. The predicted octanol–water partition coefficient (Wildman–Crippen LogP) is 3.00. The Hall–Kier alpha value is -2.40. The molecule has 1 unspecified atom stereocenters. The van der Waals surface area contributed by atoms with Gasteiger partial charge in [0.05, 0.1) is 4.92 Å². The van der Waals surface area contributed by atoms with E-state index in [1.165, 1.54) is 12.3 Å². The predicted molar refractivity (Wildman–Crippen MR) is 79.7 cm³/mol. The highest BCUT2D eigenvalue weighted by atomic mass is 31.1. The average molecular weight is 292 g/mol. The number of pyridine rings is 1. The number of anilines is 2. The van der Waals surface area contributed by atoms with Crippen LogP contribution in [0, 0.1) is 10.1 Å². The minimum Gasteiger partial charge on any atom is -0.450 e. The number of nitrogens with zero attached hydrogens (tertiary/aromatic N) is 2. The summed E-state index contributed by atoms with van der Waals surface area (Å²) in [5.41, 5.74) is 6.06. The third kappa shape index (κ3) is 3.13. The number of nitrogens with two attached hydrogens (primary N) is 1. The van der Waals surface area contributed by atoms with Crippen molar-refractivity contribution < 1.29 is 9.66 Å². The molecule has 0 saturated carbocycles. The van der Waals surface area contributed by atoms with Gasteiger partial charge in [0.15, 0.2) is 0 Å². The molecule has 104 valence electrons. The van der Waals surface area contributed by atoms with Gasteiger partial charge in [0, 0.05) is 24.0 Å². The van der Waals surface area contributed by atoms with Crippen LogP contribution in [0.1, 0.15) is 0 Å². The van der Waals surface area contributed by atoms with Crippen molar-refractivity contribution in [2.75, 3.05) is 17.5 Å². The monoisotopic (exact) mass is 292 g/mol. The van der Waals surface area contributed by atoms with Gasteiger partial charge in [-0.25, -0.2) is 4.98 Å². The molecule has 2 rings (SSSR count). The van der Waals surface area contributed by atoms with E-state index in [0.29, 0.717) is 14.5 Å². The molecule has 20 heavy (non-hydrogen) atoms. The number of nitrogen functional groups attached to an aromatic ring is 1. The van der Waals surface area contributed by atoms with Gasteiger partial charge in [-0.3, -0.25) is 10.1 Å². The van der Waals surface area contributed by atoms with Crippen LogP contribution in [0.4, 0.5) is 17.2 Å². The summed E-state index contributed by atoms with van der Waals surface area (Å²) in [7, 11) is 0.547. The average Bonchev–Trinajstić information content (AvgIpc) is 2.39. The van der Waals surface area contributed by atoms with Crippen molar-refractivity contribution in [2.24, 2.45) is 0 Å². The zero-order valence-corrected chi connectivity index (χ0v) is 11.7. The second-order valence-corrected chi connectivity index (χ2v) is 4.55.